The van der Waals surface area contributed by atoms with Crippen LogP contribution in [0, 0.1) is 0 Å². The van der Waals surface area contributed by atoms with Gasteiger partial charge in [-0.05, 0) is 12.8 Å². The van der Waals surface area contributed by atoms with E-state index in [0.29, 0.717) is 13.2 Å². The monoisotopic (exact) mass is 647 g/mol. The number of carbonyl (C=O) groups is 2. The van der Waals surface area contributed by atoms with Gasteiger partial charge in [-0.15, -0.1) is 0 Å². The predicted molar refractivity (Wildman–Crippen MR) is 199 cm³/mol. The summed E-state index contributed by atoms with van der Waals surface area (Å²) in [5.41, 5.74) is 0. The molecule has 0 saturated heterocycles. The molecule has 0 radical (unpaired) electrons. The first-order valence-electron chi connectivity index (χ1n) is 20.4. The highest BCUT2D eigenvalue weighted by molar-refractivity contribution is 5.84. The van der Waals surface area contributed by atoms with Crippen molar-refractivity contribution in [2.45, 2.75) is 219 Å². The minimum atomic E-state index is -0.354. The first kappa shape index (κ1) is 44.4. The topological polar surface area (TPSA) is 52.6 Å². The first-order valence-corrected chi connectivity index (χ1v) is 20.4. The minimum Gasteiger partial charge on any atom is -0.463 e. The quantitative estimate of drug-likeness (QED) is 0.0292. The number of hydrogen-bond donors (Lipinski definition) is 0. The van der Waals surface area contributed by atoms with E-state index in [1.807, 2.05) is 0 Å². The Morgan fingerprint density at radius 3 is 0.739 bits per heavy atom. The average molecular weight is 647 g/mol. The van der Waals surface area contributed by atoms with Crippen molar-refractivity contribution >= 4 is 11.9 Å². The molecule has 0 aromatic heterocycles. The summed E-state index contributed by atoms with van der Waals surface area (Å²) in [6.45, 7) is 5.49. The van der Waals surface area contributed by atoms with Crippen molar-refractivity contribution in [3.05, 3.63) is 24.3 Å². The number of hydrogen-bond acceptors (Lipinski definition) is 4. The number of unbranched alkanes of at least 4 members (excludes halogenated alkanes) is 30. The van der Waals surface area contributed by atoms with Gasteiger partial charge in [0.05, 0.1) is 13.2 Å². The van der Waals surface area contributed by atoms with Crippen LogP contribution in [0.5, 0.6) is 0 Å². The number of allylic oxidation sites excluding steroid dienone is 2. The highest BCUT2D eigenvalue weighted by atomic mass is 16.5. The smallest absolute Gasteiger partial charge is 0.330 e. The summed E-state index contributed by atoms with van der Waals surface area (Å²) in [6, 6.07) is 0. The minimum absolute atomic E-state index is 0.354. The van der Waals surface area contributed by atoms with Crippen molar-refractivity contribution in [3.8, 4) is 0 Å². The highest BCUT2D eigenvalue weighted by Crippen LogP contribution is 2.15. The molecule has 0 aliphatic heterocycles. The van der Waals surface area contributed by atoms with E-state index < -0.39 is 0 Å². The second-order valence-corrected chi connectivity index (χ2v) is 13.7. The van der Waals surface area contributed by atoms with E-state index in [2.05, 4.69) is 13.8 Å². The number of carbonyl (C=O) groups excluding carboxylic acids is 2. The maximum absolute atomic E-state index is 11.8. The van der Waals surface area contributed by atoms with Crippen molar-refractivity contribution < 1.29 is 19.1 Å². The Kier molecular flexibility index (Phi) is 38.2. The molecule has 4 nitrogen and oxygen atoms in total. The Hall–Kier alpha value is -1.58. The molecule has 0 aromatic carbocycles. The highest BCUT2D eigenvalue weighted by Gasteiger charge is 2.00. The predicted octanol–water partition coefficient (Wildman–Crippen LogP) is 13.7. The van der Waals surface area contributed by atoms with Crippen LogP contribution < -0.4 is 0 Å². The lowest BCUT2D eigenvalue weighted by Crippen LogP contribution is -2.03. The summed E-state index contributed by atoms with van der Waals surface area (Å²) in [4.78, 5) is 23.7. The van der Waals surface area contributed by atoms with Crippen LogP contribution in [0.15, 0.2) is 24.3 Å². The largest absolute Gasteiger partial charge is 0.463 e. The van der Waals surface area contributed by atoms with E-state index in [1.54, 1.807) is 12.2 Å². The van der Waals surface area contributed by atoms with Crippen molar-refractivity contribution in [1.82, 2.24) is 0 Å². The normalized spacial score (nSPS) is 11.6. The van der Waals surface area contributed by atoms with E-state index in [4.69, 9.17) is 9.47 Å². The second kappa shape index (κ2) is 39.6. The lowest BCUT2D eigenvalue weighted by Gasteiger charge is -2.04. The Bertz CT molecular complexity index is 625. The molecule has 0 rings (SSSR count). The SMILES string of the molecule is CCCCCCCCCCCCCCCCCCOC(=O)/C=C\C=C\C(=O)OCCCCCCCCCCCCCCCCCC. The molecule has 0 aliphatic carbocycles. The van der Waals surface area contributed by atoms with Gasteiger partial charge in [0.25, 0.3) is 0 Å². The molecule has 270 valence electrons. The van der Waals surface area contributed by atoms with Crippen LogP contribution >= 0.6 is 0 Å². The van der Waals surface area contributed by atoms with Gasteiger partial charge in [-0.3, -0.25) is 0 Å². The summed E-state index contributed by atoms with van der Waals surface area (Å²) in [7, 11) is 0. The van der Waals surface area contributed by atoms with E-state index >= 15 is 0 Å². The molecule has 0 unspecified atom stereocenters. The lowest BCUT2D eigenvalue weighted by molar-refractivity contribution is -0.138. The molecule has 4 heteroatoms. The fourth-order valence-electron chi connectivity index (χ4n) is 6.01. The molecule has 46 heavy (non-hydrogen) atoms. The molecular weight excluding hydrogens is 568 g/mol. The van der Waals surface area contributed by atoms with E-state index in [0.717, 1.165) is 25.7 Å². The molecule has 0 aliphatic rings. The van der Waals surface area contributed by atoms with Gasteiger partial charge in [0, 0.05) is 12.2 Å². The van der Waals surface area contributed by atoms with Crippen LogP contribution in [-0.2, 0) is 19.1 Å². The van der Waals surface area contributed by atoms with Gasteiger partial charge in [0.2, 0.25) is 0 Å². The summed E-state index contributed by atoms with van der Waals surface area (Å²) < 4.78 is 10.5. The van der Waals surface area contributed by atoms with Gasteiger partial charge in [0.15, 0.2) is 0 Å². The van der Waals surface area contributed by atoms with Gasteiger partial charge < -0.3 is 9.47 Å². The summed E-state index contributed by atoms with van der Waals surface area (Å²) in [6.07, 6.45) is 48.4. The summed E-state index contributed by atoms with van der Waals surface area (Å²) >= 11 is 0. The fraction of sp³-hybridized carbons (Fsp3) is 0.857. The molecule has 0 bridgehead atoms. The molecular formula is C42H78O4. The number of esters is 2. The third-order valence-electron chi connectivity index (χ3n) is 9.06. The van der Waals surface area contributed by atoms with Crippen LogP contribution in [-0.4, -0.2) is 25.2 Å². The first-order chi connectivity index (χ1) is 22.7. The molecule has 0 amide bonds. The zero-order valence-electron chi connectivity index (χ0n) is 31.0. The maximum Gasteiger partial charge on any atom is 0.330 e. The Morgan fingerprint density at radius 2 is 0.522 bits per heavy atom. The van der Waals surface area contributed by atoms with E-state index in [-0.39, 0.29) is 11.9 Å². The van der Waals surface area contributed by atoms with Crippen molar-refractivity contribution in [1.29, 1.82) is 0 Å². The van der Waals surface area contributed by atoms with Crippen LogP contribution in [0.25, 0.3) is 0 Å². The molecule has 0 heterocycles. The van der Waals surface area contributed by atoms with E-state index in [1.165, 1.54) is 192 Å². The van der Waals surface area contributed by atoms with E-state index in [9.17, 15) is 9.59 Å². The molecule has 0 aromatic rings. The van der Waals surface area contributed by atoms with Gasteiger partial charge >= 0.3 is 11.9 Å². The summed E-state index contributed by atoms with van der Waals surface area (Å²) in [5, 5.41) is 0. The van der Waals surface area contributed by atoms with Gasteiger partial charge in [0.1, 0.15) is 0 Å². The second-order valence-electron chi connectivity index (χ2n) is 13.7. The van der Waals surface area contributed by atoms with Crippen LogP contribution in [0.2, 0.25) is 0 Å². The lowest BCUT2D eigenvalue weighted by atomic mass is 10.0. The van der Waals surface area contributed by atoms with Gasteiger partial charge in [-0.1, -0.05) is 219 Å². The Balaban J connectivity index is 3.38. The number of ether oxygens (including phenoxy) is 2. The average Bonchev–Trinajstić information content (AvgIpc) is 3.06. The molecule has 0 saturated carbocycles. The number of rotatable bonds is 37. The zero-order valence-corrected chi connectivity index (χ0v) is 31.0. The van der Waals surface area contributed by atoms with Crippen LogP contribution in [0.4, 0.5) is 0 Å². The Morgan fingerprint density at radius 1 is 0.326 bits per heavy atom. The van der Waals surface area contributed by atoms with Gasteiger partial charge in [-0.25, -0.2) is 9.59 Å². The maximum atomic E-state index is 11.8. The van der Waals surface area contributed by atoms with Crippen molar-refractivity contribution in [3.63, 3.8) is 0 Å². The van der Waals surface area contributed by atoms with Crippen LogP contribution in [0.3, 0.4) is 0 Å². The van der Waals surface area contributed by atoms with Crippen molar-refractivity contribution in [2.24, 2.45) is 0 Å². The zero-order chi connectivity index (χ0) is 33.4. The van der Waals surface area contributed by atoms with Gasteiger partial charge in [-0.2, -0.15) is 0 Å². The molecule has 0 N–H and O–H groups in total. The van der Waals surface area contributed by atoms with Crippen molar-refractivity contribution in [2.75, 3.05) is 13.2 Å². The molecule has 0 spiro atoms. The van der Waals surface area contributed by atoms with Crippen LogP contribution in [0.1, 0.15) is 219 Å². The summed E-state index contributed by atoms with van der Waals surface area (Å²) in [5.74, 6) is -0.709. The third kappa shape index (κ3) is 38.6. The molecule has 0 fully saturated rings. The molecule has 0 atom stereocenters. The standard InChI is InChI=1S/C42H78O4/c1-3-5-7-9-11-13-15-17-19-21-23-25-27-29-31-35-39-45-41(43)37-33-34-38-42(44)46-40-36-32-30-28-26-24-22-20-18-16-14-12-10-8-6-4-2/h33-34,37-38H,3-32,35-36,39-40H2,1-2H3/b37-33-,38-34+. The fourth-order valence-corrected chi connectivity index (χ4v) is 6.01. The Labute approximate surface area is 287 Å². The third-order valence-corrected chi connectivity index (χ3v) is 9.06.